The van der Waals surface area contributed by atoms with E-state index in [2.05, 4.69) is 79.9 Å². The molecule has 4 aromatic rings. The van der Waals surface area contributed by atoms with Gasteiger partial charge in [-0.15, -0.1) is 11.3 Å². The summed E-state index contributed by atoms with van der Waals surface area (Å²) in [6, 6.07) is 23.5. The van der Waals surface area contributed by atoms with E-state index in [1.807, 2.05) is 11.3 Å². The van der Waals surface area contributed by atoms with Gasteiger partial charge in [-0.05, 0) is 62.4 Å². The Balaban J connectivity index is 1.47. The fourth-order valence-corrected chi connectivity index (χ4v) is 7.98. The van der Waals surface area contributed by atoms with Crippen molar-refractivity contribution in [3.05, 3.63) is 82.0 Å². The van der Waals surface area contributed by atoms with Crippen molar-refractivity contribution in [3.63, 3.8) is 0 Å². The maximum atomic E-state index is 2.47. The highest BCUT2D eigenvalue weighted by Crippen LogP contribution is 2.53. The van der Waals surface area contributed by atoms with Crippen LogP contribution in [0.15, 0.2) is 66.0 Å². The zero-order chi connectivity index (χ0) is 25.5. The molecule has 0 amide bonds. The molecule has 196 valence electrons. The lowest BCUT2D eigenvalue weighted by Gasteiger charge is -2.36. The lowest BCUT2D eigenvalue weighted by Crippen LogP contribution is -2.20. The fraction of sp³-hybridized carbons (Fsp3) is 0.500. The highest BCUT2D eigenvalue weighted by Gasteiger charge is 2.35. The van der Waals surface area contributed by atoms with Crippen molar-refractivity contribution in [1.82, 2.24) is 0 Å². The van der Waals surface area contributed by atoms with E-state index in [0.29, 0.717) is 11.8 Å². The highest BCUT2D eigenvalue weighted by atomic mass is 32.1. The Morgan fingerprint density at radius 2 is 1.22 bits per heavy atom. The van der Waals surface area contributed by atoms with Gasteiger partial charge in [0.05, 0.1) is 0 Å². The van der Waals surface area contributed by atoms with Gasteiger partial charge >= 0.3 is 0 Å². The fourth-order valence-electron chi connectivity index (χ4n) is 7.07. The second-order valence-corrected chi connectivity index (χ2v) is 12.5. The van der Waals surface area contributed by atoms with E-state index < -0.39 is 0 Å². The molecule has 1 aliphatic carbocycles. The quantitative estimate of drug-likeness (QED) is 0.110. The first kappa shape index (κ1) is 26.5. The summed E-state index contributed by atoms with van der Waals surface area (Å²) in [5.41, 5.74) is 3.18. The Kier molecular flexibility index (Phi) is 9.38. The SMILES string of the molecule is CCCCCCCCC(CCCCCC)CC1c2cccc3ccc4cccc(c4c23)C1c1cccs1. The molecule has 0 saturated heterocycles. The van der Waals surface area contributed by atoms with Crippen LogP contribution in [0.2, 0.25) is 0 Å². The van der Waals surface area contributed by atoms with E-state index in [4.69, 9.17) is 0 Å². The minimum Gasteiger partial charge on any atom is -0.148 e. The second kappa shape index (κ2) is 13.1. The molecule has 0 aliphatic heterocycles. The molecule has 3 aromatic carbocycles. The molecule has 0 fully saturated rings. The molecule has 37 heavy (non-hydrogen) atoms. The van der Waals surface area contributed by atoms with Crippen LogP contribution in [0.25, 0.3) is 21.5 Å². The molecule has 0 radical (unpaired) electrons. The summed E-state index contributed by atoms with van der Waals surface area (Å²) >= 11 is 1.96. The summed E-state index contributed by atoms with van der Waals surface area (Å²) in [7, 11) is 0. The largest absolute Gasteiger partial charge is 0.148 e. The summed E-state index contributed by atoms with van der Waals surface area (Å²) < 4.78 is 0. The predicted molar refractivity (Wildman–Crippen MR) is 165 cm³/mol. The Hall–Kier alpha value is -2.12. The summed E-state index contributed by atoms with van der Waals surface area (Å²) in [5, 5.41) is 8.16. The Bertz CT molecular complexity index is 1250. The Labute approximate surface area is 229 Å². The van der Waals surface area contributed by atoms with Crippen LogP contribution >= 0.6 is 11.3 Å². The van der Waals surface area contributed by atoms with Crippen molar-refractivity contribution < 1.29 is 0 Å². The Morgan fingerprint density at radius 1 is 0.622 bits per heavy atom. The average molecular weight is 511 g/mol. The first-order chi connectivity index (χ1) is 18.3. The molecule has 3 unspecified atom stereocenters. The van der Waals surface area contributed by atoms with E-state index >= 15 is 0 Å². The Morgan fingerprint density at radius 3 is 1.86 bits per heavy atom. The van der Waals surface area contributed by atoms with Crippen LogP contribution in [-0.2, 0) is 0 Å². The van der Waals surface area contributed by atoms with Crippen LogP contribution in [0.5, 0.6) is 0 Å². The molecule has 0 bridgehead atoms. The third-order valence-electron chi connectivity index (χ3n) is 8.96. The monoisotopic (exact) mass is 510 g/mol. The van der Waals surface area contributed by atoms with E-state index in [1.54, 1.807) is 16.0 Å². The molecule has 1 heteroatoms. The average Bonchev–Trinajstić information content (AvgIpc) is 3.46. The van der Waals surface area contributed by atoms with Gasteiger partial charge in [0.1, 0.15) is 0 Å². The van der Waals surface area contributed by atoms with Crippen molar-refractivity contribution in [2.75, 3.05) is 0 Å². The standard InChI is InChI=1S/C36H46S/c1-3-5-7-9-10-12-17-27(16-11-8-6-4-2)26-32-30-20-13-18-28-23-24-29-19-14-21-31(35(29)34(28)30)36(32)33-22-15-25-37-33/h13-15,18-25,27,32,36H,3-12,16-17,26H2,1-2H3. The lowest BCUT2D eigenvalue weighted by molar-refractivity contribution is 0.344. The first-order valence-corrected chi connectivity index (χ1v) is 16.2. The summed E-state index contributed by atoms with van der Waals surface area (Å²) in [6.07, 6.45) is 18.1. The van der Waals surface area contributed by atoms with Crippen LogP contribution in [-0.4, -0.2) is 0 Å². The molecule has 1 aromatic heterocycles. The zero-order valence-corrected chi connectivity index (χ0v) is 24.0. The van der Waals surface area contributed by atoms with Crippen molar-refractivity contribution in [3.8, 4) is 0 Å². The number of hydrogen-bond acceptors (Lipinski definition) is 1. The van der Waals surface area contributed by atoms with Gasteiger partial charge in [0.2, 0.25) is 0 Å². The van der Waals surface area contributed by atoms with Gasteiger partial charge in [-0.3, -0.25) is 0 Å². The van der Waals surface area contributed by atoms with Crippen molar-refractivity contribution in [2.24, 2.45) is 5.92 Å². The third kappa shape index (κ3) is 5.98. The van der Waals surface area contributed by atoms with Crippen molar-refractivity contribution in [2.45, 2.75) is 109 Å². The lowest BCUT2D eigenvalue weighted by atomic mass is 9.68. The normalized spacial score (nSPS) is 17.7. The van der Waals surface area contributed by atoms with E-state index in [-0.39, 0.29) is 0 Å². The summed E-state index contributed by atoms with van der Waals surface area (Å²) in [6.45, 7) is 4.65. The van der Waals surface area contributed by atoms with Crippen LogP contribution in [0.1, 0.15) is 125 Å². The number of rotatable bonds is 15. The summed E-state index contributed by atoms with van der Waals surface area (Å²) in [4.78, 5) is 1.55. The van der Waals surface area contributed by atoms with Gasteiger partial charge < -0.3 is 0 Å². The maximum absolute atomic E-state index is 2.47. The maximum Gasteiger partial charge on any atom is 0.0259 e. The molecule has 5 rings (SSSR count). The van der Waals surface area contributed by atoms with Gasteiger partial charge in [0, 0.05) is 10.8 Å². The van der Waals surface area contributed by atoms with Gasteiger partial charge in [-0.1, -0.05) is 145 Å². The topological polar surface area (TPSA) is 0 Å². The minimum atomic E-state index is 0.479. The van der Waals surface area contributed by atoms with Crippen molar-refractivity contribution in [1.29, 1.82) is 0 Å². The number of benzene rings is 3. The van der Waals surface area contributed by atoms with Crippen LogP contribution in [0, 0.1) is 5.92 Å². The molecular weight excluding hydrogens is 464 g/mol. The predicted octanol–water partition coefficient (Wildman–Crippen LogP) is 12.0. The van der Waals surface area contributed by atoms with Crippen LogP contribution in [0.4, 0.5) is 0 Å². The minimum absolute atomic E-state index is 0.479. The van der Waals surface area contributed by atoms with Crippen LogP contribution in [0.3, 0.4) is 0 Å². The molecule has 0 saturated carbocycles. The van der Waals surface area contributed by atoms with E-state index in [9.17, 15) is 0 Å². The number of unbranched alkanes of at least 4 members (excludes halogenated alkanes) is 8. The molecule has 0 spiro atoms. The molecular formula is C36H46S. The van der Waals surface area contributed by atoms with Gasteiger partial charge in [-0.25, -0.2) is 0 Å². The van der Waals surface area contributed by atoms with Gasteiger partial charge in [0.25, 0.3) is 0 Å². The molecule has 0 N–H and O–H groups in total. The van der Waals surface area contributed by atoms with Gasteiger partial charge in [-0.2, -0.15) is 0 Å². The van der Waals surface area contributed by atoms with E-state index in [0.717, 1.165) is 5.92 Å². The number of hydrogen-bond donors (Lipinski definition) is 0. The summed E-state index contributed by atoms with van der Waals surface area (Å²) in [5.74, 6) is 1.88. The molecule has 3 atom stereocenters. The third-order valence-corrected chi connectivity index (χ3v) is 9.91. The molecule has 0 nitrogen and oxygen atoms in total. The highest BCUT2D eigenvalue weighted by molar-refractivity contribution is 7.10. The number of thiophene rings is 1. The second-order valence-electron chi connectivity index (χ2n) is 11.6. The van der Waals surface area contributed by atoms with Crippen molar-refractivity contribution >= 4 is 32.9 Å². The van der Waals surface area contributed by atoms with Crippen LogP contribution < -0.4 is 0 Å². The van der Waals surface area contributed by atoms with E-state index in [1.165, 1.54) is 105 Å². The zero-order valence-electron chi connectivity index (χ0n) is 23.2. The molecule has 1 aliphatic rings. The smallest absolute Gasteiger partial charge is 0.0259 e. The van der Waals surface area contributed by atoms with Gasteiger partial charge in [0.15, 0.2) is 0 Å². The first-order valence-electron chi connectivity index (χ1n) is 15.3. The molecule has 1 heterocycles.